The van der Waals surface area contributed by atoms with Gasteiger partial charge in [0, 0.05) is 5.02 Å². The molecule has 0 aliphatic heterocycles. The smallest absolute Gasteiger partial charge is 0.0406 e. The fourth-order valence-electron chi connectivity index (χ4n) is 5.99. The van der Waals surface area contributed by atoms with E-state index in [1.165, 1.54) is 111 Å². The minimum Gasteiger partial charge on any atom is -0.0843 e. The van der Waals surface area contributed by atoms with Gasteiger partial charge < -0.3 is 0 Å². The lowest BCUT2D eigenvalue weighted by Gasteiger charge is -2.28. The van der Waals surface area contributed by atoms with Crippen molar-refractivity contribution in [3.05, 3.63) is 106 Å². The van der Waals surface area contributed by atoms with Crippen molar-refractivity contribution in [3.8, 4) is 0 Å². The first-order valence-corrected chi connectivity index (χ1v) is 15.5. The highest BCUT2D eigenvalue weighted by Gasteiger charge is 2.21. The van der Waals surface area contributed by atoms with Crippen LogP contribution < -0.4 is 0 Å². The average Bonchev–Trinajstić information content (AvgIpc) is 2.94. The molecule has 1 saturated carbocycles. The van der Waals surface area contributed by atoms with Crippen LogP contribution in [0, 0.1) is 11.8 Å². The molecule has 1 aliphatic carbocycles. The second-order valence-electron chi connectivity index (χ2n) is 11.5. The van der Waals surface area contributed by atoms with E-state index in [0.29, 0.717) is 0 Å². The van der Waals surface area contributed by atoms with Crippen LogP contribution in [0.3, 0.4) is 0 Å². The molecule has 4 rings (SSSR count). The van der Waals surface area contributed by atoms with Gasteiger partial charge in [-0.3, -0.25) is 0 Å². The van der Waals surface area contributed by atoms with Crippen LogP contribution in [-0.4, -0.2) is 0 Å². The molecule has 0 aromatic heterocycles. The Hall–Kier alpha value is -2.05. The molecule has 0 nitrogen and oxygen atoms in total. The van der Waals surface area contributed by atoms with Crippen molar-refractivity contribution >= 4 is 11.6 Å². The summed E-state index contributed by atoms with van der Waals surface area (Å²) in [6.07, 6.45) is 19.8. The number of unbranched alkanes of at least 4 members (excludes halogenated alkanes) is 3. The number of aryl methyl sites for hydroxylation is 5. The molecule has 0 heterocycles. The van der Waals surface area contributed by atoms with Gasteiger partial charge in [-0.25, -0.2) is 0 Å². The van der Waals surface area contributed by atoms with Crippen molar-refractivity contribution < 1.29 is 0 Å². The van der Waals surface area contributed by atoms with Crippen LogP contribution in [0.2, 0.25) is 5.02 Å². The number of hydrogen-bond acceptors (Lipinski definition) is 0. The van der Waals surface area contributed by atoms with Gasteiger partial charge >= 0.3 is 0 Å². The van der Waals surface area contributed by atoms with E-state index in [-0.39, 0.29) is 0 Å². The Balaban J connectivity index is 1.09. The summed E-state index contributed by atoms with van der Waals surface area (Å²) < 4.78 is 0. The highest BCUT2D eigenvalue weighted by molar-refractivity contribution is 6.30. The van der Waals surface area contributed by atoms with Gasteiger partial charge in [0.1, 0.15) is 0 Å². The van der Waals surface area contributed by atoms with Crippen LogP contribution >= 0.6 is 11.6 Å². The summed E-state index contributed by atoms with van der Waals surface area (Å²) in [6, 6.07) is 27.2. The van der Waals surface area contributed by atoms with E-state index in [0.717, 1.165) is 29.7 Å². The zero-order valence-corrected chi connectivity index (χ0v) is 23.8. The SMILES string of the molecule is CCCCCCc1ccc(CC[C@H]2CC[C@H](CCc3ccc(CCc4ccc(Cl)cc4)cc3)CC2)cc1. The van der Waals surface area contributed by atoms with Gasteiger partial charge in [-0.15, -0.1) is 0 Å². The second kappa shape index (κ2) is 15.4. The predicted octanol–water partition coefficient (Wildman–Crippen LogP) is 10.6. The predicted molar refractivity (Wildman–Crippen MR) is 162 cm³/mol. The van der Waals surface area contributed by atoms with Gasteiger partial charge in [-0.2, -0.15) is 0 Å². The Morgan fingerprint density at radius 2 is 0.865 bits per heavy atom. The van der Waals surface area contributed by atoms with E-state index in [4.69, 9.17) is 11.6 Å². The molecule has 0 spiro atoms. The molecule has 1 aliphatic rings. The molecule has 0 atom stereocenters. The molecule has 3 aromatic carbocycles. The zero-order valence-electron chi connectivity index (χ0n) is 23.1. The first-order valence-electron chi connectivity index (χ1n) is 15.1. The lowest BCUT2D eigenvalue weighted by molar-refractivity contribution is 0.253. The molecule has 3 aromatic rings. The summed E-state index contributed by atoms with van der Waals surface area (Å²) in [6.45, 7) is 2.28. The first kappa shape index (κ1) is 28.0. The monoisotopic (exact) mass is 514 g/mol. The van der Waals surface area contributed by atoms with E-state index >= 15 is 0 Å². The third kappa shape index (κ3) is 9.97. The third-order valence-electron chi connectivity index (χ3n) is 8.63. The third-order valence-corrected chi connectivity index (χ3v) is 8.88. The summed E-state index contributed by atoms with van der Waals surface area (Å²) in [5.74, 6) is 1.86. The Morgan fingerprint density at radius 1 is 0.486 bits per heavy atom. The normalized spacial score (nSPS) is 17.7. The average molecular weight is 515 g/mol. The van der Waals surface area contributed by atoms with Crippen LogP contribution in [0.4, 0.5) is 0 Å². The molecule has 0 saturated heterocycles. The number of halogens is 1. The van der Waals surface area contributed by atoms with Crippen LogP contribution in [-0.2, 0) is 32.1 Å². The zero-order chi connectivity index (χ0) is 25.7. The Kier molecular flexibility index (Phi) is 11.6. The molecular weight excluding hydrogens is 468 g/mol. The minimum absolute atomic E-state index is 0.815. The molecule has 1 fully saturated rings. The minimum atomic E-state index is 0.815. The van der Waals surface area contributed by atoms with Crippen molar-refractivity contribution in [1.29, 1.82) is 0 Å². The van der Waals surface area contributed by atoms with E-state index in [9.17, 15) is 0 Å². The molecule has 37 heavy (non-hydrogen) atoms. The Labute approximate surface area is 231 Å². The summed E-state index contributed by atoms with van der Waals surface area (Å²) in [5.41, 5.74) is 7.35. The van der Waals surface area contributed by atoms with Crippen LogP contribution in [0.15, 0.2) is 72.8 Å². The number of hydrogen-bond donors (Lipinski definition) is 0. The lowest BCUT2D eigenvalue weighted by Crippen LogP contribution is -2.15. The molecule has 1 heteroatoms. The maximum atomic E-state index is 6.00. The number of rotatable bonds is 14. The summed E-state index contributed by atoms with van der Waals surface area (Å²) in [7, 11) is 0. The molecule has 0 N–H and O–H groups in total. The quantitative estimate of drug-likeness (QED) is 0.187. The van der Waals surface area contributed by atoms with Gasteiger partial charge in [0.25, 0.3) is 0 Å². The highest BCUT2D eigenvalue weighted by Crippen LogP contribution is 2.34. The fourth-order valence-corrected chi connectivity index (χ4v) is 6.12. The topological polar surface area (TPSA) is 0 Å². The Morgan fingerprint density at radius 3 is 1.30 bits per heavy atom. The van der Waals surface area contributed by atoms with E-state index in [1.54, 1.807) is 0 Å². The van der Waals surface area contributed by atoms with Crippen molar-refractivity contribution in [2.75, 3.05) is 0 Å². The van der Waals surface area contributed by atoms with Gasteiger partial charge in [0.2, 0.25) is 0 Å². The van der Waals surface area contributed by atoms with Gasteiger partial charge in [0.15, 0.2) is 0 Å². The molecular formula is C36H47Cl. The van der Waals surface area contributed by atoms with Crippen molar-refractivity contribution in [1.82, 2.24) is 0 Å². The molecule has 198 valence electrons. The summed E-state index contributed by atoms with van der Waals surface area (Å²) in [4.78, 5) is 0. The van der Waals surface area contributed by atoms with Crippen molar-refractivity contribution in [2.24, 2.45) is 11.8 Å². The van der Waals surface area contributed by atoms with Crippen LogP contribution in [0.1, 0.15) is 98.9 Å². The molecule has 0 amide bonds. The fraction of sp³-hybridized carbons (Fsp3) is 0.500. The molecule has 0 radical (unpaired) electrons. The Bertz CT molecular complexity index is 1010. The van der Waals surface area contributed by atoms with Gasteiger partial charge in [-0.1, -0.05) is 124 Å². The standard InChI is InChI=1S/C36H47Cl/c1-2-3-4-5-6-29-7-9-30(10-8-29)11-12-31-13-15-32(16-14-31)17-18-33-19-21-34(22-20-33)23-24-35-25-27-36(37)28-26-35/h7-10,19-22,25-28,31-32H,2-6,11-18,23-24H2,1H3/t31-,32-. The number of benzene rings is 3. The maximum absolute atomic E-state index is 6.00. The van der Waals surface area contributed by atoms with E-state index in [2.05, 4.69) is 67.6 Å². The second-order valence-corrected chi connectivity index (χ2v) is 12.0. The van der Waals surface area contributed by atoms with E-state index in [1.807, 2.05) is 12.1 Å². The maximum Gasteiger partial charge on any atom is 0.0406 e. The van der Waals surface area contributed by atoms with Crippen LogP contribution in [0.25, 0.3) is 0 Å². The highest BCUT2D eigenvalue weighted by atomic mass is 35.5. The summed E-state index contributed by atoms with van der Waals surface area (Å²) in [5, 5.41) is 0.815. The first-order chi connectivity index (χ1) is 18.2. The molecule has 0 unspecified atom stereocenters. The van der Waals surface area contributed by atoms with Gasteiger partial charge in [-0.05, 0) is 103 Å². The lowest BCUT2D eigenvalue weighted by atomic mass is 9.77. The molecule has 0 bridgehead atoms. The van der Waals surface area contributed by atoms with E-state index < -0.39 is 0 Å². The van der Waals surface area contributed by atoms with Crippen molar-refractivity contribution in [2.45, 2.75) is 103 Å². The summed E-state index contributed by atoms with van der Waals surface area (Å²) >= 11 is 6.00. The van der Waals surface area contributed by atoms with Crippen LogP contribution in [0.5, 0.6) is 0 Å². The van der Waals surface area contributed by atoms with Gasteiger partial charge in [0.05, 0.1) is 0 Å². The van der Waals surface area contributed by atoms with Crippen molar-refractivity contribution in [3.63, 3.8) is 0 Å². The largest absolute Gasteiger partial charge is 0.0843 e.